The van der Waals surface area contributed by atoms with E-state index in [0.29, 0.717) is 25.3 Å². The van der Waals surface area contributed by atoms with E-state index in [-0.39, 0.29) is 16.3 Å². The predicted molar refractivity (Wildman–Crippen MR) is 80.9 cm³/mol. The number of benzene rings is 1. The third kappa shape index (κ3) is 3.98. The van der Waals surface area contributed by atoms with Crippen molar-refractivity contribution in [1.29, 1.82) is 0 Å². The van der Waals surface area contributed by atoms with Gasteiger partial charge in [-0.05, 0) is 25.5 Å². The van der Waals surface area contributed by atoms with Crippen molar-refractivity contribution in [2.24, 2.45) is 0 Å². The molecular weight excluding hydrogens is 290 g/mol. The number of ether oxygens (including phenoxy) is 1. The van der Waals surface area contributed by atoms with Crippen LogP contribution in [0.3, 0.4) is 0 Å². The Morgan fingerprint density at radius 2 is 2.19 bits per heavy atom. The van der Waals surface area contributed by atoms with Crippen molar-refractivity contribution in [3.8, 4) is 5.75 Å². The molecule has 7 heteroatoms. The van der Waals surface area contributed by atoms with Gasteiger partial charge in [-0.2, -0.15) is 0 Å². The number of nitrogens with zero attached hydrogens (tertiary/aromatic N) is 2. The smallest absolute Gasteiger partial charge is 0.180 e. The largest absolute Gasteiger partial charge is 0.494 e. The summed E-state index contributed by atoms with van der Waals surface area (Å²) in [6.07, 6.45) is 5.63. The molecule has 0 aliphatic heterocycles. The predicted octanol–water partition coefficient (Wildman–Crippen LogP) is 1.73. The molecule has 0 fully saturated rings. The van der Waals surface area contributed by atoms with Crippen molar-refractivity contribution in [3.05, 3.63) is 36.9 Å². The fourth-order valence-electron chi connectivity index (χ4n) is 2.01. The summed E-state index contributed by atoms with van der Waals surface area (Å²) in [5, 5.41) is 0. The number of rotatable bonds is 7. The number of imidazole rings is 1. The second-order valence-electron chi connectivity index (χ2n) is 4.61. The molecule has 2 N–H and O–H groups in total. The van der Waals surface area contributed by atoms with Crippen LogP contribution in [-0.4, -0.2) is 30.3 Å². The van der Waals surface area contributed by atoms with Crippen molar-refractivity contribution >= 4 is 15.5 Å². The molecule has 21 heavy (non-hydrogen) atoms. The van der Waals surface area contributed by atoms with Crippen molar-refractivity contribution in [2.75, 3.05) is 18.1 Å². The number of nitrogens with two attached hydrogens (primary N) is 1. The lowest BCUT2D eigenvalue weighted by atomic mass is 10.3. The number of sulfone groups is 1. The van der Waals surface area contributed by atoms with E-state index < -0.39 is 9.84 Å². The zero-order valence-corrected chi connectivity index (χ0v) is 12.7. The van der Waals surface area contributed by atoms with Crippen LogP contribution in [0.15, 0.2) is 41.8 Å². The number of hydrogen-bond acceptors (Lipinski definition) is 5. The minimum Gasteiger partial charge on any atom is -0.494 e. The maximum atomic E-state index is 12.4. The minimum atomic E-state index is -3.42. The van der Waals surface area contributed by atoms with Crippen LogP contribution in [0, 0.1) is 0 Å². The van der Waals surface area contributed by atoms with Crippen LogP contribution in [-0.2, 0) is 16.4 Å². The highest BCUT2D eigenvalue weighted by atomic mass is 32.2. The van der Waals surface area contributed by atoms with E-state index in [1.165, 1.54) is 6.07 Å². The van der Waals surface area contributed by atoms with Crippen molar-refractivity contribution in [3.63, 3.8) is 0 Å². The molecule has 0 atom stereocenters. The quantitative estimate of drug-likeness (QED) is 0.787. The second-order valence-corrected chi connectivity index (χ2v) is 6.68. The number of hydrogen-bond donors (Lipinski definition) is 1. The lowest BCUT2D eigenvalue weighted by molar-refractivity contribution is 0.339. The lowest BCUT2D eigenvalue weighted by Gasteiger charge is -2.10. The Morgan fingerprint density at radius 3 is 2.86 bits per heavy atom. The fourth-order valence-corrected chi connectivity index (χ4v) is 3.46. The summed E-state index contributed by atoms with van der Waals surface area (Å²) in [6.45, 7) is 2.92. The van der Waals surface area contributed by atoms with Gasteiger partial charge in [-0.15, -0.1) is 0 Å². The van der Waals surface area contributed by atoms with Crippen LogP contribution >= 0.6 is 0 Å². The molecule has 0 spiro atoms. The van der Waals surface area contributed by atoms with Crippen LogP contribution < -0.4 is 10.5 Å². The van der Waals surface area contributed by atoms with Gasteiger partial charge in [0.25, 0.3) is 0 Å². The van der Waals surface area contributed by atoms with Gasteiger partial charge in [0.2, 0.25) is 0 Å². The first-order valence-corrected chi connectivity index (χ1v) is 8.39. The molecule has 114 valence electrons. The Balaban J connectivity index is 2.09. The molecule has 2 aromatic rings. The lowest BCUT2D eigenvalue weighted by Crippen LogP contribution is -2.12. The van der Waals surface area contributed by atoms with Crippen molar-refractivity contribution in [2.45, 2.75) is 24.8 Å². The van der Waals surface area contributed by atoms with Gasteiger partial charge in [0, 0.05) is 25.0 Å². The van der Waals surface area contributed by atoms with Gasteiger partial charge in [-0.25, -0.2) is 13.4 Å². The summed E-state index contributed by atoms with van der Waals surface area (Å²) in [6, 6.07) is 4.72. The molecule has 0 aliphatic carbocycles. The highest BCUT2D eigenvalue weighted by molar-refractivity contribution is 7.91. The Bertz CT molecular complexity index is 681. The molecule has 2 rings (SSSR count). The summed E-state index contributed by atoms with van der Waals surface area (Å²) in [4.78, 5) is 4.06. The third-order valence-corrected chi connectivity index (χ3v) is 4.87. The minimum absolute atomic E-state index is 0.0327. The Kier molecular flexibility index (Phi) is 4.85. The first-order valence-electron chi connectivity index (χ1n) is 6.74. The first kappa shape index (κ1) is 15.4. The van der Waals surface area contributed by atoms with Gasteiger partial charge < -0.3 is 15.0 Å². The Hall–Kier alpha value is -2.02. The normalized spacial score (nSPS) is 11.5. The number of aryl methyl sites for hydroxylation is 1. The van der Waals surface area contributed by atoms with Crippen LogP contribution in [0.5, 0.6) is 5.75 Å². The van der Waals surface area contributed by atoms with Crippen molar-refractivity contribution < 1.29 is 13.2 Å². The summed E-state index contributed by atoms with van der Waals surface area (Å²) in [7, 11) is -3.42. The molecule has 6 nitrogen and oxygen atoms in total. The van der Waals surface area contributed by atoms with E-state index >= 15 is 0 Å². The molecule has 0 radical (unpaired) electrons. The molecule has 1 aromatic carbocycles. The molecule has 0 aliphatic rings. The maximum absolute atomic E-state index is 12.4. The summed E-state index contributed by atoms with van der Waals surface area (Å²) in [5.74, 6) is 0.546. The van der Waals surface area contributed by atoms with E-state index in [4.69, 9.17) is 10.5 Å². The first-order chi connectivity index (χ1) is 10.0. The van der Waals surface area contributed by atoms with Gasteiger partial charge in [0.1, 0.15) is 5.75 Å². The molecule has 1 aromatic heterocycles. The highest BCUT2D eigenvalue weighted by Crippen LogP contribution is 2.25. The summed E-state index contributed by atoms with van der Waals surface area (Å²) in [5.41, 5.74) is 6.04. The second kappa shape index (κ2) is 6.62. The third-order valence-electron chi connectivity index (χ3n) is 3.02. The van der Waals surface area contributed by atoms with E-state index in [9.17, 15) is 8.42 Å². The molecule has 0 saturated heterocycles. The average molecular weight is 309 g/mol. The van der Waals surface area contributed by atoms with E-state index in [0.717, 1.165) is 0 Å². The molecule has 0 saturated carbocycles. The highest BCUT2D eigenvalue weighted by Gasteiger charge is 2.18. The van der Waals surface area contributed by atoms with Gasteiger partial charge in [-0.1, -0.05) is 0 Å². The van der Waals surface area contributed by atoms with Gasteiger partial charge >= 0.3 is 0 Å². The Labute approximate surface area is 124 Å². The van der Waals surface area contributed by atoms with Gasteiger partial charge in [-0.3, -0.25) is 0 Å². The molecule has 1 heterocycles. The average Bonchev–Trinajstić information content (AvgIpc) is 2.94. The van der Waals surface area contributed by atoms with Crippen LogP contribution in [0.4, 0.5) is 5.69 Å². The van der Waals surface area contributed by atoms with E-state index in [2.05, 4.69) is 4.98 Å². The van der Waals surface area contributed by atoms with Gasteiger partial charge in [0.05, 0.1) is 29.3 Å². The fraction of sp³-hybridized carbons (Fsp3) is 0.357. The topological polar surface area (TPSA) is 87.2 Å². The zero-order chi connectivity index (χ0) is 15.3. The van der Waals surface area contributed by atoms with Crippen molar-refractivity contribution in [1.82, 2.24) is 9.55 Å². The number of anilines is 1. The monoisotopic (exact) mass is 309 g/mol. The number of aromatic nitrogens is 2. The molecule has 0 amide bonds. The zero-order valence-electron chi connectivity index (χ0n) is 11.9. The maximum Gasteiger partial charge on any atom is 0.180 e. The van der Waals surface area contributed by atoms with Crippen LogP contribution in [0.25, 0.3) is 0 Å². The summed E-state index contributed by atoms with van der Waals surface area (Å²) >= 11 is 0. The van der Waals surface area contributed by atoms with E-state index in [1.54, 1.807) is 30.9 Å². The molecular formula is C14H19N3O3S. The summed E-state index contributed by atoms with van der Waals surface area (Å²) < 4.78 is 31.9. The molecule has 0 bridgehead atoms. The SMILES string of the molecule is CCOc1ccc(N)c(S(=O)(=O)CCCn2ccnc2)c1. The number of nitrogen functional groups attached to an aromatic ring is 1. The standard InChI is InChI=1S/C14H19N3O3S/c1-2-20-12-4-5-13(15)14(10-12)21(18,19)9-3-7-17-8-6-16-11-17/h4-6,8,10-11H,2-3,7,9,15H2,1H3. The van der Waals surface area contributed by atoms with Crippen LogP contribution in [0.2, 0.25) is 0 Å². The van der Waals surface area contributed by atoms with Gasteiger partial charge in [0.15, 0.2) is 9.84 Å². The van der Waals surface area contributed by atoms with E-state index in [1.807, 2.05) is 11.5 Å². The Morgan fingerprint density at radius 1 is 1.38 bits per heavy atom. The molecule has 0 unspecified atom stereocenters. The van der Waals surface area contributed by atoms with Crippen LogP contribution in [0.1, 0.15) is 13.3 Å².